The van der Waals surface area contributed by atoms with E-state index >= 15 is 0 Å². The van der Waals surface area contributed by atoms with E-state index in [1.807, 2.05) is 41.1 Å². The van der Waals surface area contributed by atoms with Gasteiger partial charge in [0.1, 0.15) is 6.61 Å². The van der Waals surface area contributed by atoms with Crippen LogP contribution in [0.3, 0.4) is 0 Å². The zero-order chi connectivity index (χ0) is 21.0. The lowest BCUT2D eigenvalue weighted by Crippen LogP contribution is -2.28. The number of nitrogens with one attached hydrogen (secondary N) is 1. The van der Waals surface area contributed by atoms with Crippen LogP contribution in [-0.2, 0) is 13.0 Å². The van der Waals surface area contributed by atoms with Crippen molar-refractivity contribution in [2.45, 2.75) is 19.1 Å². The zero-order valence-corrected chi connectivity index (χ0v) is 17.4. The molecule has 156 valence electrons. The maximum atomic E-state index is 6.10. The highest BCUT2D eigenvalue weighted by Gasteiger charge is 2.21. The fourth-order valence-corrected chi connectivity index (χ4v) is 3.94. The molecule has 31 heavy (non-hydrogen) atoms. The SMILES string of the molecule is COc1cc2c(cc1OCc1ccccc1)CCNC2/C=C/c1cnc2ncccn12. The summed E-state index contributed by atoms with van der Waals surface area (Å²) in [7, 11) is 1.68. The third-order valence-corrected chi connectivity index (χ3v) is 5.53. The second-order valence-corrected chi connectivity index (χ2v) is 7.49. The van der Waals surface area contributed by atoms with E-state index in [2.05, 4.69) is 51.7 Å². The summed E-state index contributed by atoms with van der Waals surface area (Å²) >= 11 is 0. The molecular formula is C25H24N4O2. The van der Waals surface area contributed by atoms with Crippen molar-refractivity contribution in [1.82, 2.24) is 19.7 Å². The largest absolute Gasteiger partial charge is 0.493 e. The van der Waals surface area contributed by atoms with Crippen LogP contribution in [0.25, 0.3) is 11.9 Å². The van der Waals surface area contributed by atoms with E-state index in [-0.39, 0.29) is 6.04 Å². The topological polar surface area (TPSA) is 60.7 Å². The van der Waals surface area contributed by atoms with Gasteiger partial charge in [-0.15, -0.1) is 0 Å². The molecule has 0 bridgehead atoms. The summed E-state index contributed by atoms with van der Waals surface area (Å²) in [5.74, 6) is 2.22. The Bertz CT molecular complexity index is 1220. The number of benzene rings is 2. The number of fused-ring (bicyclic) bond motifs is 2. The molecule has 0 spiro atoms. The Morgan fingerprint density at radius 3 is 2.90 bits per heavy atom. The van der Waals surface area contributed by atoms with Crippen molar-refractivity contribution in [3.8, 4) is 11.5 Å². The van der Waals surface area contributed by atoms with Crippen LogP contribution in [0, 0.1) is 0 Å². The summed E-state index contributed by atoms with van der Waals surface area (Å²) in [6, 6.07) is 16.4. The van der Waals surface area contributed by atoms with Crippen LogP contribution in [0.5, 0.6) is 11.5 Å². The maximum absolute atomic E-state index is 6.10. The Hall–Kier alpha value is -3.64. The number of imidazole rings is 1. The Balaban J connectivity index is 1.40. The molecule has 1 N–H and O–H groups in total. The average molecular weight is 412 g/mol. The van der Waals surface area contributed by atoms with E-state index in [0.29, 0.717) is 12.4 Å². The van der Waals surface area contributed by atoms with Crippen LogP contribution in [0.2, 0.25) is 0 Å². The molecule has 0 fully saturated rings. The number of aromatic nitrogens is 3. The standard InChI is InChI=1S/C25H24N4O2/c1-30-23-15-21-19(14-24(23)31-17-18-6-3-2-4-7-18)10-12-26-22(21)9-8-20-16-28-25-27-11-5-13-29(20)25/h2-9,11,13-16,22,26H,10,12,17H2,1H3/b9-8+. The van der Waals surface area contributed by atoms with Crippen molar-refractivity contribution in [3.63, 3.8) is 0 Å². The molecule has 2 aromatic carbocycles. The summed E-state index contributed by atoms with van der Waals surface area (Å²) < 4.78 is 13.7. The van der Waals surface area contributed by atoms with E-state index in [4.69, 9.17) is 9.47 Å². The van der Waals surface area contributed by atoms with Gasteiger partial charge in [0.15, 0.2) is 11.5 Å². The lowest BCUT2D eigenvalue weighted by molar-refractivity contribution is 0.283. The molecular weight excluding hydrogens is 388 g/mol. The predicted molar refractivity (Wildman–Crippen MR) is 120 cm³/mol. The Morgan fingerprint density at radius 1 is 1.13 bits per heavy atom. The molecule has 6 heteroatoms. The third-order valence-electron chi connectivity index (χ3n) is 5.53. The molecule has 1 aliphatic rings. The predicted octanol–water partition coefficient (Wildman–Crippen LogP) is 4.22. The minimum absolute atomic E-state index is 0.0862. The molecule has 0 amide bonds. The van der Waals surface area contributed by atoms with Gasteiger partial charge in [-0.2, -0.15) is 0 Å². The van der Waals surface area contributed by atoms with Crippen molar-refractivity contribution in [3.05, 3.63) is 95.6 Å². The molecule has 1 atom stereocenters. The molecule has 6 nitrogen and oxygen atoms in total. The first-order chi connectivity index (χ1) is 15.3. The quantitative estimate of drug-likeness (QED) is 0.514. The Morgan fingerprint density at radius 2 is 2.03 bits per heavy atom. The molecule has 5 rings (SSSR count). The van der Waals surface area contributed by atoms with Crippen LogP contribution >= 0.6 is 0 Å². The monoisotopic (exact) mass is 412 g/mol. The maximum Gasteiger partial charge on any atom is 0.234 e. The lowest BCUT2D eigenvalue weighted by atomic mass is 9.93. The zero-order valence-electron chi connectivity index (χ0n) is 17.4. The highest BCUT2D eigenvalue weighted by atomic mass is 16.5. The number of hydrogen-bond donors (Lipinski definition) is 1. The molecule has 3 heterocycles. The summed E-state index contributed by atoms with van der Waals surface area (Å²) in [6.07, 6.45) is 10.8. The van der Waals surface area contributed by atoms with Gasteiger partial charge >= 0.3 is 0 Å². The molecule has 1 unspecified atom stereocenters. The van der Waals surface area contributed by atoms with Crippen LogP contribution in [-0.4, -0.2) is 28.0 Å². The molecule has 0 saturated heterocycles. The number of hydrogen-bond acceptors (Lipinski definition) is 5. The fourth-order valence-electron chi connectivity index (χ4n) is 3.94. The van der Waals surface area contributed by atoms with Crippen LogP contribution < -0.4 is 14.8 Å². The van der Waals surface area contributed by atoms with Gasteiger partial charge in [-0.3, -0.25) is 4.40 Å². The summed E-state index contributed by atoms with van der Waals surface area (Å²) in [4.78, 5) is 8.63. The molecule has 2 aromatic heterocycles. The van der Waals surface area contributed by atoms with Gasteiger partial charge < -0.3 is 14.8 Å². The number of ether oxygens (including phenoxy) is 2. The van der Waals surface area contributed by atoms with Gasteiger partial charge in [-0.1, -0.05) is 36.4 Å². The molecule has 0 aliphatic carbocycles. The first kappa shape index (κ1) is 19.3. The van der Waals surface area contributed by atoms with Crippen molar-refractivity contribution in [2.24, 2.45) is 0 Å². The summed E-state index contributed by atoms with van der Waals surface area (Å²) in [5.41, 5.74) is 4.61. The van der Waals surface area contributed by atoms with Crippen LogP contribution in [0.15, 0.2) is 73.2 Å². The number of rotatable bonds is 6. The van der Waals surface area contributed by atoms with Gasteiger partial charge in [0, 0.05) is 18.9 Å². The fraction of sp³-hybridized carbons (Fsp3) is 0.200. The molecule has 4 aromatic rings. The Kier molecular flexibility index (Phi) is 5.37. The van der Waals surface area contributed by atoms with Gasteiger partial charge in [0.05, 0.1) is 25.0 Å². The van der Waals surface area contributed by atoms with E-state index in [0.717, 1.165) is 35.7 Å². The minimum Gasteiger partial charge on any atom is -0.493 e. The second kappa shape index (κ2) is 8.62. The van der Waals surface area contributed by atoms with Gasteiger partial charge in [0.25, 0.3) is 0 Å². The Labute approximate surface area is 181 Å². The van der Waals surface area contributed by atoms with Gasteiger partial charge in [0.2, 0.25) is 5.78 Å². The molecule has 0 radical (unpaired) electrons. The van der Waals surface area contributed by atoms with Crippen molar-refractivity contribution in [1.29, 1.82) is 0 Å². The highest BCUT2D eigenvalue weighted by Crippen LogP contribution is 2.36. The van der Waals surface area contributed by atoms with Crippen molar-refractivity contribution < 1.29 is 9.47 Å². The minimum atomic E-state index is 0.0862. The first-order valence-corrected chi connectivity index (χ1v) is 10.4. The van der Waals surface area contributed by atoms with Crippen LogP contribution in [0.4, 0.5) is 0 Å². The van der Waals surface area contributed by atoms with E-state index in [1.165, 1.54) is 11.1 Å². The summed E-state index contributed by atoms with van der Waals surface area (Å²) in [5, 5.41) is 3.59. The van der Waals surface area contributed by atoms with Gasteiger partial charge in [-0.05, 0) is 47.4 Å². The van der Waals surface area contributed by atoms with Crippen molar-refractivity contribution >= 4 is 11.9 Å². The van der Waals surface area contributed by atoms with Crippen LogP contribution in [0.1, 0.15) is 28.4 Å². The smallest absolute Gasteiger partial charge is 0.234 e. The van der Waals surface area contributed by atoms with E-state index in [1.54, 1.807) is 13.3 Å². The highest BCUT2D eigenvalue weighted by molar-refractivity contribution is 5.54. The number of methoxy groups -OCH3 is 1. The van der Waals surface area contributed by atoms with Crippen molar-refractivity contribution in [2.75, 3.05) is 13.7 Å². The third kappa shape index (κ3) is 4.02. The first-order valence-electron chi connectivity index (χ1n) is 10.4. The molecule has 1 aliphatic heterocycles. The van der Waals surface area contributed by atoms with E-state index in [9.17, 15) is 0 Å². The lowest BCUT2D eigenvalue weighted by Gasteiger charge is -2.26. The number of nitrogens with zero attached hydrogens (tertiary/aromatic N) is 3. The van der Waals surface area contributed by atoms with Gasteiger partial charge in [-0.25, -0.2) is 9.97 Å². The summed E-state index contributed by atoms with van der Waals surface area (Å²) in [6.45, 7) is 1.42. The second-order valence-electron chi connectivity index (χ2n) is 7.49. The molecule has 0 saturated carbocycles. The van der Waals surface area contributed by atoms with E-state index < -0.39 is 0 Å². The normalized spacial score (nSPS) is 15.8. The average Bonchev–Trinajstić information content (AvgIpc) is 3.24.